The van der Waals surface area contributed by atoms with Gasteiger partial charge in [0, 0.05) is 18.1 Å². The minimum absolute atomic E-state index is 0.272. The highest BCUT2D eigenvalue weighted by atomic mass is 16.4. The Morgan fingerprint density at radius 1 is 1.40 bits per heavy atom. The molecule has 2 rings (SSSR count). The lowest BCUT2D eigenvalue weighted by Gasteiger charge is -1.98. The topological polar surface area (TPSA) is 55.1 Å². The van der Waals surface area contributed by atoms with Crippen molar-refractivity contribution in [2.24, 2.45) is 7.05 Å². The normalized spacial score (nSPS) is 10.9. The quantitative estimate of drug-likeness (QED) is 0.771. The molecule has 1 aromatic carbocycles. The molecule has 1 aromatic heterocycles. The highest BCUT2D eigenvalue weighted by Crippen LogP contribution is 2.22. The summed E-state index contributed by atoms with van der Waals surface area (Å²) in [6.45, 7) is 3.82. The lowest BCUT2D eigenvalue weighted by molar-refractivity contribution is 0.0698. The third kappa shape index (κ3) is 1.38. The first-order valence-corrected chi connectivity index (χ1v) is 4.68. The molecule has 15 heavy (non-hydrogen) atoms. The Morgan fingerprint density at radius 2 is 2.07 bits per heavy atom. The fourth-order valence-corrected chi connectivity index (χ4v) is 1.72. The number of hydrogen-bond acceptors (Lipinski definition) is 2. The fourth-order valence-electron chi connectivity index (χ4n) is 1.72. The van der Waals surface area contributed by atoms with E-state index < -0.39 is 5.97 Å². The lowest BCUT2D eigenvalue weighted by Crippen LogP contribution is -1.98. The number of carbonyl (C=O) groups is 1. The van der Waals surface area contributed by atoms with E-state index >= 15 is 0 Å². The Balaban J connectivity index is 2.92. The van der Waals surface area contributed by atoms with Crippen LogP contribution in [0.2, 0.25) is 0 Å². The van der Waals surface area contributed by atoms with Crippen LogP contribution < -0.4 is 0 Å². The summed E-state index contributed by atoms with van der Waals surface area (Å²) in [7, 11) is 1.82. The number of carboxylic acid groups (broad SMARTS) is 1. The molecule has 0 aliphatic rings. The SMILES string of the molecule is Cc1cc(C(=O)O)c2nn(C)c(C)c2c1. The van der Waals surface area contributed by atoms with Gasteiger partial charge in [0.15, 0.2) is 0 Å². The van der Waals surface area contributed by atoms with Crippen molar-refractivity contribution in [2.45, 2.75) is 13.8 Å². The van der Waals surface area contributed by atoms with Crippen LogP contribution >= 0.6 is 0 Å². The zero-order chi connectivity index (χ0) is 11.2. The summed E-state index contributed by atoms with van der Waals surface area (Å²) in [6.07, 6.45) is 0. The Hall–Kier alpha value is -1.84. The highest BCUT2D eigenvalue weighted by Gasteiger charge is 2.14. The molecule has 2 aromatic rings. The van der Waals surface area contributed by atoms with Gasteiger partial charge in [-0.1, -0.05) is 0 Å². The van der Waals surface area contributed by atoms with E-state index in [0.29, 0.717) is 5.52 Å². The molecule has 0 atom stereocenters. The van der Waals surface area contributed by atoms with Gasteiger partial charge in [0.1, 0.15) is 5.52 Å². The largest absolute Gasteiger partial charge is 0.478 e. The van der Waals surface area contributed by atoms with Crippen LogP contribution in [0.15, 0.2) is 12.1 Å². The van der Waals surface area contributed by atoms with E-state index in [4.69, 9.17) is 5.11 Å². The average molecular weight is 204 g/mol. The Labute approximate surface area is 87.1 Å². The van der Waals surface area contributed by atoms with Crippen molar-refractivity contribution >= 4 is 16.9 Å². The Morgan fingerprint density at radius 3 is 2.67 bits per heavy atom. The second-order valence-corrected chi connectivity index (χ2v) is 3.72. The summed E-state index contributed by atoms with van der Waals surface area (Å²) in [6, 6.07) is 3.61. The number of hydrogen-bond donors (Lipinski definition) is 1. The molecular formula is C11H12N2O2. The monoisotopic (exact) mass is 204 g/mol. The number of rotatable bonds is 1. The predicted octanol–water partition coefficient (Wildman–Crippen LogP) is 1.89. The van der Waals surface area contributed by atoms with Crippen LogP contribution in [0.4, 0.5) is 0 Å². The zero-order valence-corrected chi connectivity index (χ0v) is 8.90. The number of fused-ring (bicyclic) bond motifs is 1. The molecule has 0 radical (unpaired) electrons. The number of aryl methyl sites for hydroxylation is 3. The van der Waals surface area contributed by atoms with Crippen LogP contribution in [0, 0.1) is 13.8 Å². The molecule has 0 saturated heterocycles. The van der Waals surface area contributed by atoms with E-state index in [-0.39, 0.29) is 5.56 Å². The van der Waals surface area contributed by atoms with E-state index in [1.165, 1.54) is 0 Å². The van der Waals surface area contributed by atoms with Gasteiger partial charge in [0.25, 0.3) is 0 Å². The summed E-state index contributed by atoms with van der Waals surface area (Å²) in [4.78, 5) is 11.0. The van der Waals surface area contributed by atoms with Crippen LogP contribution in [-0.4, -0.2) is 20.9 Å². The molecule has 4 nitrogen and oxygen atoms in total. The second-order valence-electron chi connectivity index (χ2n) is 3.72. The maximum Gasteiger partial charge on any atom is 0.337 e. The maximum atomic E-state index is 11.0. The van der Waals surface area contributed by atoms with E-state index in [2.05, 4.69) is 5.10 Å². The average Bonchev–Trinajstić information content (AvgIpc) is 2.43. The van der Waals surface area contributed by atoms with Gasteiger partial charge >= 0.3 is 5.97 Å². The van der Waals surface area contributed by atoms with Crippen molar-refractivity contribution in [1.82, 2.24) is 9.78 Å². The molecule has 4 heteroatoms. The molecule has 0 unspecified atom stereocenters. The molecule has 0 aliphatic carbocycles. The standard InChI is InChI=1S/C11H12N2O2/c1-6-4-8-7(2)13(3)12-10(8)9(5-6)11(14)15/h4-5H,1-3H3,(H,14,15). The molecule has 1 heterocycles. The minimum atomic E-state index is -0.929. The number of carboxylic acids is 1. The van der Waals surface area contributed by atoms with Crippen molar-refractivity contribution in [3.05, 3.63) is 29.0 Å². The fraction of sp³-hybridized carbons (Fsp3) is 0.273. The Kier molecular flexibility index (Phi) is 2.00. The highest BCUT2D eigenvalue weighted by molar-refractivity contribution is 6.02. The molecule has 0 fully saturated rings. The summed E-state index contributed by atoms with van der Waals surface area (Å²) in [5.41, 5.74) is 2.76. The molecule has 0 spiro atoms. The van der Waals surface area contributed by atoms with E-state index in [1.54, 1.807) is 10.7 Å². The van der Waals surface area contributed by atoms with Gasteiger partial charge in [0.05, 0.1) is 5.56 Å². The van der Waals surface area contributed by atoms with Crippen molar-refractivity contribution < 1.29 is 9.90 Å². The van der Waals surface area contributed by atoms with Crippen molar-refractivity contribution in [1.29, 1.82) is 0 Å². The number of nitrogens with zero attached hydrogens (tertiary/aromatic N) is 2. The summed E-state index contributed by atoms with van der Waals surface area (Å²) >= 11 is 0. The second kappa shape index (κ2) is 3.08. The van der Waals surface area contributed by atoms with Gasteiger partial charge in [-0.3, -0.25) is 4.68 Å². The van der Waals surface area contributed by atoms with Gasteiger partial charge in [-0.15, -0.1) is 0 Å². The summed E-state index contributed by atoms with van der Waals surface area (Å²) < 4.78 is 1.70. The van der Waals surface area contributed by atoms with Crippen molar-refractivity contribution in [3.63, 3.8) is 0 Å². The van der Waals surface area contributed by atoms with Gasteiger partial charge in [0.2, 0.25) is 0 Å². The van der Waals surface area contributed by atoms with Crippen LogP contribution in [0.1, 0.15) is 21.6 Å². The molecule has 0 amide bonds. The lowest BCUT2D eigenvalue weighted by atomic mass is 10.1. The third-order valence-corrected chi connectivity index (χ3v) is 2.61. The first-order valence-electron chi connectivity index (χ1n) is 4.68. The molecule has 0 saturated carbocycles. The maximum absolute atomic E-state index is 11.0. The van der Waals surface area contributed by atoms with E-state index in [1.807, 2.05) is 27.0 Å². The predicted molar refractivity (Wildman–Crippen MR) is 57.1 cm³/mol. The first kappa shape index (κ1) is 9.71. The van der Waals surface area contributed by atoms with Crippen LogP contribution in [-0.2, 0) is 7.05 Å². The summed E-state index contributed by atoms with van der Waals surface area (Å²) in [5.74, 6) is -0.929. The van der Waals surface area contributed by atoms with Crippen LogP contribution in [0.3, 0.4) is 0 Å². The van der Waals surface area contributed by atoms with Gasteiger partial charge < -0.3 is 5.11 Å². The van der Waals surface area contributed by atoms with Gasteiger partial charge in [-0.25, -0.2) is 4.79 Å². The van der Waals surface area contributed by atoms with Gasteiger partial charge in [-0.2, -0.15) is 5.10 Å². The molecule has 0 aliphatic heterocycles. The molecule has 1 N–H and O–H groups in total. The van der Waals surface area contributed by atoms with Crippen molar-refractivity contribution in [3.8, 4) is 0 Å². The van der Waals surface area contributed by atoms with Crippen molar-refractivity contribution in [2.75, 3.05) is 0 Å². The smallest absolute Gasteiger partial charge is 0.337 e. The molecule has 78 valence electrons. The van der Waals surface area contributed by atoms with Crippen LogP contribution in [0.5, 0.6) is 0 Å². The van der Waals surface area contributed by atoms with E-state index in [9.17, 15) is 4.79 Å². The molecular weight excluding hydrogens is 192 g/mol. The Bertz CT molecular complexity index is 555. The minimum Gasteiger partial charge on any atom is -0.478 e. The van der Waals surface area contributed by atoms with E-state index in [0.717, 1.165) is 16.6 Å². The zero-order valence-electron chi connectivity index (χ0n) is 8.90. The number of benzene rings is 1. The van der Waals surface area contributed by atoms with Gasteiger partial charge in [-0.05, 0) is 31.5 Å². The van der Waals surface area contributed by atoms with Crippen LogP contribution in [0.25, 0.3) is 10.9 Å². The number of aromatic nitrogens is 2. The third-order valence-electron chi connectivity index (χ3n) is 2.61. The molecule has 0 bridgehead atoms. The number of aromatic carboxylic acids is 1. The first-order chi connectivity index (χ1) is 7.00. The summed E-state index contributed by atoms with van der Waals surface area (Å²) in [5, 5.41) is 14.2.